The number of aryl methyl sites for hydroxylation is 1. The van der Waals surface area contributed by atoms with Crippen LogP contribution < -0.4 is 14.8 Å². The Morgan fingerprint density at radius 3 is 2.86 bits per heavy atom. The Morgan fingerprint density at radius 2 is 2.05 bits per heavy atom. The number of imidazole rings is 1. The third-order valence-electron chi connectivity index (χ3n) is 4.35. The minimum Gasteiger partial charge on any atom is -0.489 e. The molecule has 5 nitrogen and oxygen atoms in total. The number of rotatable bonds is 3. The van der Waals surface area contributed by atoms with Gasteiger partial charge in [-0.15, -0.1) is 0 Å². The van der Waals surface area contributed by atoms with Crippen molar-refractivity contribution in [3.8, 4) is 11.5 Å². The minimum atomic E-state index is 0.713. The molecule has 21 heavy (non-hydrogen) atoms. The van der Waals surface area contributed by atoms with Crippen LogP contribution in [-0.2, 0) is 6.42 Å². The van der Waals surface area contributed by atoms with Gasteiger partial charge in [0.2, 0.25) is 0 Å². The van der Waals surface area contributed by atoms with Crippen LogP contribution in [0.15, 0.2) is 12.1 Å². The molecule has 3 heterocycles. The van der Waals surface area contributed by atoms with Crippen molar-refractivity contribution in [1.29, 1.82) is 0 Å². The number of aromatic nitrogens is 2. The zero-order valence-electron chi connectivity index (χ0n) is 12.2. The van der Waals surface area contributed by atoms with E-state index in [0.29, 0.717) is 13.2 Å². The van der Waals surface area contributed by atoms with Gasteiger partial charge in [-0.25, -0.2) is 4.98 Å². The van der Waals surface area contributed by atoms with Crippen LogP contribution >= 0.6 is 0 Å². The normalized spacial score (nSPS) is 21.6. The van der Waals surface area contributed by atoms with Gasteiger partial charge in [0, 0.05) is 25.0 Å². The maximum Gasteiger partial charge on any atom is 0.163 e. The summed E-state index contributed by atoms with van der Waals surface area (Å²) in [5.74, 6) is 3.51. The zero-order chi connectivity index (χ0) is 14.1. The van der Waals surface area contributed by atoms with Gasteiger partial charge in [0.1, 0.15) is 5.82 Å². The SMILES string of the molecule is c1c2c(cc3[nH]c(CCC4CCNC4)nc13)OCCCO2. The van der Waals surface area contributed by atoms with Gasteiger partial charge in [-0.3, -0.25) is 0 Å². The Morgan fingerprint density at radius 1 is 1.19 bits per heavy atom. The van der Waals surface area contributed by atoms with E-state index in [1.54, 1.807) is 0 Å². The second-order valence-corrected chi connectivity index (χ2v) is 5.95. The van der Waals surface area contributed by atoms with Crippen molar-refractivity contribution < 1.29 is 9.47 Å². The molecular formula is C16H21N3O2. The van der Waals surface area contributed by atoms with Crippen molar-refractivity contribution in [1.82, 2.24) is 15.3 Å². The van der Waals surface area contributed by atoms with Gasteiger partial charge < -0.3 is 19.8 Å². The smallest absolute Gasteiger partial charge is 0.163 e. The predicted octanol–water partition coefficient (Wildman–Crippen LogP) is 2.27. The molecule has 1 atom stereocenters. The van der Waals surface area contributed by atoms with Gasteiger partial charge in [-0.05, 0) is 31.8 Å². The van der Waals surface area contributed by atoms with Crippen LogP contribution in [0.4, 0.5) is 0 Å². The summed E-state index contributed by atoms with van der Waals surface area (Å²) in [5.41, 5.74) is 2.01. The van der Waals surface area contributed by atoms with Gasteiger partial charge in [-0.2, -0.15) is 0 Å². The zero-order valence-corrected chi connectivity index (χ0v) is 12.2. The molecule has 112 valence electrons. The van der Waals surface area contributed by atoms with E-state index < -0.39 is 0 Å². The van der Waals surface area contributed by atoms with Crippen LogP contribution in [0, 0.1) is 5.92 Å². The topological polar surface area (TPSA) is 59.2 Å². The first kappa shape index (κ1) is 13.0. The Bertz CT molecular complexity index is 589. The number of benzene rings is 1. The molecule has 0 bridgehead atoms. The van der Waals surface area contributed by atoms with E-state index in [2.05, 4.69) is 10.3 Å². The molecule has 2 N–H and O–H groups in total. The molecule has 1 saturated heterocycles. The van der Waals surface area contributed by atoms with Crippen molar-refractivity contribution in [3.63, 3.8) is 0 Å². The fourth-order valence-electron chi connectivity index (χ4n) is 3.14. The van der Waals surface area contributed by atoms with E-state index >= 15 is 0 Å². The van der Waals surface area contributed by atoms with Gasteiger partial charge in [-0.1, -0.05) is 0 Å². The molecule has 5 heteroatoms. The predicted molar refractivity (Wildman–Crippen MR) is 81.0 cm³/mol. The van der Waals surface area contributed by atoms with Crippen molar-refractivity contribution in [3.05, 3.63) is 18.0 Å². The second-order valence-electron chi connectivity index (χ2n) is 5.95. The quantitative estimate of drug-likeness (QED) is 0.909. The standard InChI is InChI=1S/C16H21N3O2/c1-6-20-14-8-12-13(9-15(14)21-7-1)19-16(18-12)3-2-11-4-5-17-10-11/h8-9,11,17H,1-7,10H2,(H,18,19). The largest absolute Gasteiger partial charge is 0.489 e. The third-order valence-corrected chi connectivity index (χ3v) is 4.35. The van der Waals surface area contributed by atoms with Gasteiger partial charge in [0.25, 0.3) is 0 Å². The number of fused-ring (bicyclic) bond motifs is 2. The number of nitrogens with zero attached hydrogens (tertiary/aromatic N) is 1. The molecule has 0 radical (unpaired) electrons. The summed E-state index contributed by atoms with van der Waals surface area (Å²) in [7, 11) is 0. The lowest BCUT2D eigenvalue weighted by Crippen LogP contribution is -2.09. The molecule has 1 fully saturated rings. The molecule has 2 aliphatic rings. The summed E-state index contributed by atoms with van der Waals surface area (Å²) in [4.78, 5) is 8.12. The van der Waals surface area contributed by atoms with E-state index in [9.17, 15) is 0 Å². The fourth-order valence-corrected chi connectivity index (χ4v) is 3.14. The van der Waals surface area contributed by atoms with Crippen molar-refractivity contribution >= 4 is 11.0 Å². The van der Waals surface area contributed by atoms with Crippen LogP contribution in [0.3, 0.4) is 0 Å². The Kier molecular flexibility index (Phi) is 3.43. The minimum absolute atomic E-state index is 0.713. The van der Waals surface area contributed by atoms with Crippen molar-refractivity contribution in [2.75, 3.05) is 26.3 Å². The third kappa shape index (κ3) is 2.70. The average molecular weight is 287 g/mol. The average Bonchev–Trinajstić information content (AvgIpc) is 3.07. The van der Waals surface area contributed by atoms with Gasteiger partial charge in [0.05, 0.1) is 24.2 Å². The molecule has 1 aromatic carbocycles. The van der Waals surface area contributed by atoms with Crippen molar-refractivity contribution in [2.45, 2.75) is 25.7 Å². The molecule has 2 aromatic rings. The summed E-state index contributed by atoms with van der Waals surface area (Å²) in [6.07, 6.45) is 4.42. The summed E-state index contributed by atoms with van der Waals surface area (Å²) in [6, 6.07) is 4.01. The first-order chi connectivity index (χ1) is 10.4. The number of H-pyrrole nitrogens is 1. The molecule has 2 aliphatic heterocycles. The number of hydrogen-bond acceptors (Lipinski definition) is 4. The fraction of sp³-hybridized carbons (Fsp3) is 0.562. The Balaban J connectivity index is 1.54. The molecular weight excluding hydrogens is 266 g/mol. The Hall–Kier alpha value is -1.75. The van der Waals surface area contributed by atoms with Crippen LogP contribution in [0.1, 0.15) is 25.1 Å². The number of ether oxygens (including phenoxy) is 2. The van der Waals surface area contributed by atoms with Gasteiger partial charge >= 0.3 is 0 Å². The molecule has 1 aromatic heterocycles. The summed E-state index contributed by atoms with van der Waals surface area (Å²) >= 11 is 0. The molecule has 0 saturated carbocycles. The highest BCUT2D eigenvalue weighted by Gasteiger charge is 2.16. The number of aromatic amines is 1. The van der Waals surface area contributed by atoms with Gasteiger partial charge in [0.15, 0.2) is 11.5 Å². The first-order valence-corrected chi connectivity index (χ1v) is 7.87. The molecule has 0 spiro atoms. The lowest BCUT2D eigenvalue weighted by molar-refractivity contribution is 0.297. The highest BCUT2D eigenvalue weighted by atomic mass is 16.5. The summed E-state index contributed by atoms with van der Waals surface area (Å²) in [6.45, 7) is 3.74. The van der Waals surface area contributed by atoms with Crippen molar-refractivity contribution in [2.24, 2.45) is 5.92 Å². The van der Waals surface area contributed by atoms with E-state index in [1.165, 1.54) is 12.8 Å². The van der Waals surface area contributed by atoms with Crippen LogP contribution in [-0.4, -0.2) is 36.3 Å². The van der Waals surface area contributed by atoms with E-state index in [0.717, 1.165) is 60.2 Å². The molecule has 0 aliphatic carbocycles. The maximum absolute atomic E-state index is 5.73. The summed E-state index contributed by atoms with van der Waals surface area (Å²) in [5, 5.41) is 3.41. The van der Waals surface area contributed by atoms with E-state index in [4.69, 9.17) is 14.5 Å². The monoisotopic (exact) mass is 287 g/mol. The Labute approximate surface area is 124 Å². The van der Waals surface area contributed by atoms with Crippen LogP contribution in [0.5, 0.6) is 11.5 Å². The highest BCUT2D eigenvalue weighted by molar-refractivity contribution is 5.79. The van der Waals surface area contributed by atoms with Crippen LogP contribution in [0.25, 0.3) is 11.0 Å². The van der Waals surface area contributed by atoms with E-state index in [-0.39, 0.29) is 0 Å². The molecule has 1 unspecified atom stereocenters. The lowest BCUT2D eigenvalue weighted by Gasteiger charge is -2.05. The summed E-state index contributed by atoms with van der Waals surface area (Å²) < 4.78 is 11.4. The lowest BCUT2D eigenvalue weighted by atomic mass is 10.0. The number of hydrogen-bond donors (Lipinski definition) is 2. The molecule has 4 rings (SSSR count). The van der Waals surface area contributed by atoms with E-state index in [1.807, 2.05) is 12.1 Å². The first-order valence-electron chi connectivity index (χ1n) is 7.87. The molecule has 0 amide bonds. The maximum atomic E-state index is 5.73. The highest BCUT2D eigenvalue weighted by Crippen LogP contribution is 2.33. The second kappa shape index (κ2) is 5.56. The number of nitrogens with one attached hydrogen (secondary N) is 2. The van der Waals surface area contributed by atoms with Crippen LogP contribution in [0.2, 0.25) is 0 Å².